The van der Waals surface area contributed by atoms with Crippen LogP contribution in [0.1, 0.15) is 18.9 Å². The Morgan fingerprint density at radius 2 is 1.44 bits per heavy atom. The van der Waals surface area contributed by atoms with Crippen LogP contribution >= 0.6 is 0 Å². The first-order valence-corrected chi connectivity index (χ1v) is 9.42. The minimum absolute atomic E-state index is 0.144. The number of hydrogen-bond donors (Lipinski definition) is 0. The smallest absolute Gasteiger partial charge is 0.306 e. The Hall–Kier alpha value is -3.13. The molecule has 0 radical (unpaired) electrons. The zero-order valence-corrected chi connectivity index (χ0v) is 15.4. The lowest BCUT2D eigenvalue weighted by molar-refractivity contribution is -0.143. The number of ether oxygens (including phenoxy) is 1. The number of benzene rings is 4. The molecule has 0 N–H and O–H groups in total. The first-order valence-electron chi connectivity index (χ1n) is 9.42. The number of aryl methyl sites for hydroxylation is 1. The van der Waals surface area contributed by atoms with Crippen molar-refractivity contribution in [3.05, 3.63) is 84.4 Å². The van der Waals surface area contributed by atoms with E-state index in [1.54, 1.807) is 0 Å². The molecule has 27 heavy (non-hydrogen) atoms. The number of carbonyl (C=O) groups is 1. The molecule has 0 aromatic heterocycles. The van der Waals surface area contributed by atoms with Crippen molar-refractivity contribution in [1.29, 1.82) is 0 Å². The lowest BCUT2D eigenvalue weighted by atomic mass is 9.88. The van der Waals surface area contributed by atoms with E-state index < -0.39 is 0 Å². The van der Waals surface area contributed by atoms with E-state index in [2.05, 4.69) is 78.9 Å². The van der Waals surface area contributed by atoms with Gasteiger partial charge in [0.1, 0.15) is 0 Å². The van der Waals surface area contributed by atoms with E-state index in [9.17, 15) is 4.79 Å². The first-order chi connectivity index (χ1) is 13.3. The highest BCUT2D eigenvalue weighted by Gasteiger charge is 2.14. The SMILES string of the molecule is CCOC(=O)CCc1ccc2ccccc2c1-c1cccc2ccccc12. The average Bonchev–Trinajstić information content (AvgIpc) is 2.71. The maximum atomic E-state index is 11.9. The Labute approximate surface area is 159 Å². The number of hydrogen-bond acceptors (Lipinski definition) is 2. The van der Waals surface area contributed by atoms with Crippen LogP contribution in [0, 0.1) is 0 Å². The van der Waals surface area contributed by atoms with Gasteiger partial charge >= 0.3 is 5.97 Å². The van der Waals surface area contributed by atoms with Crippen molar-refractivity contribution in [3.63, 3.8) is 0 Å². The molecule has 2 heteroatoms. The number of carbonyl (C=O) groups excluding carboxylic acids is 1. The maximum Gasteiger partial charge on any atom is 0.306 e. The summed E-state index contributed by atoms with van der Waals surface area (Å²) < 4.78 is 5.13. The third-order valence-electron chi connectivity index (χ3n) is 4.98. The van der Waals surface area contributed by atoms with Crippen molar-refractivity contribution >= 4 is 27.5 Å². The molecule has 0 bridgehead atoms. The Kier molecular flexibility index (Phi) is 4.88. The average molecular weight is 354 g/mol. The fourth-order valence-electron chi connectivity index (χ4n) is 3.76. The second-order valence-electron chi connectivity index (χ2n) is 6.65. The standard InChI is InChI=1S/C25H22O2/c1-2-27-24(26)17-16-20-15-14-19-9-4-6-12-22(19)25(20)23-13-7-10-18-8-3-5-11-21(18)23/h3-15H,2,16-17H2,1H3. The molecule has 0 spiro atoms. The summed E-state index contributed by atoms with van der Waals surface area (Å²) in [7, 11) is 0. The summed E-state index contributed by atoms with van der Waals surface area (Å²) >= 11 is 0. The molecule has 0 saturated heterocycles. The molecule has 4 rings (SSSR count). The highest BCUT2D eigenvalue weighted by Crippen LogP contribution is 2.37. The van der Waals surface area contributed by atoms with Crippen LogP contribution in [0.2, 0.25) is 0 Å². The van der Waals surface area contributed by atoms with Gasteiger partial charge in [0, 0.05) is 6.42 Å². The molecule has 0 unspecified atom stereocenters. The van der Waals surface area contributed by atoms with Crippen LogP contribution in [0.3, 0.4) is 0 Å². The molecular formula is C25H22O2. The van der Waals surface area contributed by atoms with Gasteiger partial charge in [-0.25, -0.2) is 0 Å². The van der Waals surface area contributed by atoms with Crippen LogP contribution in [-0.4, -0.2) is 12.6 Å². The van der Waals surface area contributed by atoms with Gasteiger partial charge in [-0.05, 0) is 51.6 Å². The molecule has 0 atom stereocenters. The molecule has 0 aliphatic carbocycles. The summed E-state index contributed by atoms with van der Waals surface area (Å²) in [6.07, 6.45) is 1.06. The lowest BCUT2D eigenvalue weighted by Crippen LogP contribution is -2.06. The normalized spacial score (nSPS) is 11.0. The quantitative estimate of drug-likeness (QED) is 0.401. The first kappa shape index (κ1) is 17.3. The minimum atomic E-state index is -0.144. The van der Waals surface area contributed by atoms with Gasteiger partial charge in [0.15, 0.2) is 0 Å². The van der Waals surface area contributed by atoms with Crippen molar-refractivity contribution in [2.75, 3.05) is 6.61 Å². The van der Waals surface area contributed by atoms with E-state index in [1.807, 2.05) is 6.92 Å². The monoisotopic (exact) mass is 354 g/mol. The van der Waals surface area contributed by atoms with Crippen LogP contribution in [0.5, 0.6) is 0 Å². The van der Waals surface area contributed by atoms with Crippen LogP contribution in [-0.2, 0) is 16.0 Å². The second kappa shape index (κ2) is 7.63. The Bertz CT molecular complexity index is 1110. The van der Waals surface area contributed by atoms with E-state index >= 15 is 0 Å². The zero-order chi connectivity index (χ0) is 18.6. The fraction of sp³-hybridized carbons (Fsp3) is 0.160. The van der Waals surface area contributed by atoms with Crippen molar-refractivity contribution in [2.45, 2.75) is 19.8 Å². The summed E-state index contributed by atoms with van der Waals surface area (Å²) in [5.41, 5.74) is 3.61. The molecule has 0 saturated carbocycles. The van der Waals surface area contributed by atoms with Gasteiger partial charge in [0.2, 0.25) is 0 Å². The summed E-state index contributed by atoms with van der Waals surface area (Å²) in [5.74, 6) is -0.144. The van der Waals surface area contributed by atoms with Crippen molar-refractivity contribution in [1.82, 2.24) is 0 Å². The van der Waals surface area contributed by atoms with Crippen molar-refractivity contribution in [2.24, 2.45) is 0 Å². The van der Waals surface area contributed by atoms with E-state index in [0.29, 0.717) is 19.4 Å². The summed E-state index contributed by atoms with van der Waals surface area (Å²) in [5, 5.41) is 4.88. The van der Waals surface area contributed by atoms with Gasteiger partial charge in [-0.1, -0.05) is 78.9 Å². The van der Waals surface area contributed by atoms with Gasteiger partial charge in [-0.15, -0.1) is 0 Å². The number of rotatable bonds is 5. The summed E-state index contributed by atoms with van der Waals surface area (Å²) in [6.45, 7) is 2.27. The minimum Gasteiger partial charge on any atom is -0.466 e. The van der Waals surface area contributed by atoms with E-state index in [4.69, 9.17) is 4.74 Å². The van der Waals surface area contributed by atoms with Gasteiger partial charge in [-0.3, -0.25) is 4.79 Å². The third-order valence-corrected chi connectivity index (χ3v) is 4.98. The predicted molar refractivity (Wildman–Crippen MR) is 112 cm³/mol. The molecule has 0 amide bonds. The van der Waals surface area contributed by atoms with Gasteiger partial charge in [0.05, 0.1) is 6.61 Å². The lowest BCUT2D eigenvalue weighted by Gasteiger charge is -2.16. The molecule has 0 fully saturated rings. The maximum absolute atomic E-state index is 11.9. The van der Waals surface area contributed by atoms with Crippen LogP contribution in [0.25, 0.3) is 32.7 Å². The van der Waals surface area contributed by atoms with E-state index in [0.717, 1.165) is 0 Å². The second-order valence-corrected chi connectivity index (χ2v) is 6.65. The van der Waals surface area contributed by atoms with Gasteiger partial charge in [-0.2, -0.15) is 0 Å². The third kappa shape index (κ3) is 3.43. The van der Waals surface area contributed by atoms with E-state index in [1.165, 1.54) is 38.2 Å². The van der Waals surface area contributed by atoms with E-state index in [-0.39, 0.29) is 5.97 Å². The van der Waals surface area contributed by atoms with Gasteiger partial charge in [0.25, 0.3) is 0 Å². The highest BCUT2D eigenvalue weighted by molar-refractivity contribution is 6.06. The molecule has 4 aromatic carbocycles. The molecule has 134 valence electrons. The predicted octanol–water partition coefficient (Wildman–Crippen LogP) is 6.16. The zero-order valence-electron chi connectivity index (χ0n) is 15.4. The molecule has 0 aliphatic heterocycles. The van der Waals surface area contributed by atoms with Crippen LogP contribution < -0.4 is 0 Å². The van der Waals surface area contributed by atoms with Crippen LogP contribution in [0.4, 0.5) is 0 Å². The largest absolute Gasteiger partial charge is 0.466 e. The summed E-state index contributed by atoms with van der Waals surface area (Å²) in [4.78, 5) is 11.9. The Morgan fingerprint density at radius 3 is 2.22 bits per heavy atom. The topological polar surface area (TPSA) is 26.3 Å². The van der Waals surface area contributed by atoms with Gasteiger partial charge < -0.3 is 4.74 Å². The Balaban J connectivity index is 1.91. The number of fused-ring (bicyclic) bond motifs is 2. The molecule has 4 aromatic rings. The molecular weight excluding hydrogens is 332 g/mol. The van der Waals surface area contributed by atoms with Crippen molar-refractivity contribution in [3.8, 4) is 11.1 Å². The highest BCUT2D eigenvalue weighted by atomic mass is 16.5. The molecule has 0 heterocycles. The summed E-state index contributed by atoms with van der Waals surface area (Å²) in [6, 6.07) is 27.6. The molecule has 0 aliphatic rings. The Morgan fingerprint density at radius 1 is 0.778 bits per heavy atom. The molecule has 2 nitrogen and oxygen atoms in total. The fourth-order valence-corrected chi connectivity index (χ4v) is 3.76. The number of esters is 1. The van der Waals surface area contributed by atoms with Crippen LogP contribution in [0.15, 0.2) is 78.9 Å². The van der Waals surface area contributed by atoms with Crippen molar-refractivity contribution < 1.29 is 9.53 Å².